The number of carbonyl (C=O) groups excluding carboxylic acids is 1. The van der Waals surface area contributed by atoms with Gasteiger partial charge in [0.1, 0.15) is 10.6 Å². The number of nitrogens with one attached hydrogen (secondary N) is 1. The molecule has 1 aliphatic rings. The molecule has 2 rings (SSSR count). The summed E-state index contributed by atoms with van der Waals surface area (Å²) in [4.78, 5) is 14.3. The summed E-state index contributed by atoms with van der Waals surface area (Å²) < 4.78 is 33.1. The van der Waals surface area contributed by atoms with Crippen LogP contribution in [0.15, 0.2) is 35.2 Å². The third-order valence-corrected chi connectivity index (χ3v) is 6.49. The SMILES string of the molecule is C=C(C)CN(CC)C(=O)CNc1ccc(OCC)c(S(=O)(=O)N2CCCC2)c1. The summed E-state index contributed by atoms with van der Waals surface area (Å²) in [7, 11) is -3.63. The molecule has 1 N–H and O–H groups in total. The van der Waals surface area contributed by atoms with Crippen molar-refractivity contribution in [3.63, 3.8) is 0 Å². The van der Waals surface area contributed by atoms with E-state index in [1.807, 2.05) is 20.8 Å². The Morgan fingerprint density at radius 1 is 1.29 bits per heavy atom. The van der Waals surface area contributed by atoms with Gasteiger partial charge in [0.05, 0.1) is 13.2 Å². The van der Waals surface area contributed by atoms with Gasteiger partial charge in [0.2, 0.25) is 15.9 Å². The molecule has 0 aliphatic carbocycles. The van der Waals surface area contributed by atoms with Gasteiger partial charge in [0.25, 0.3) is 0 Å². The Kier molecular flexibility index (Phi) is 7.88. The quantitative estimate of drug-likeness (QED) is 0.601. The predicted octanol–water partition coefficient (Wildman–Crippen LogP) is 2.71. The topological polar surface area (TPSA) is 79.0 Å². The van der Waals surface area contributed by atoms with E-state index < -0.39 is 10.0 Å². The third-order valence-electron chi connectivity index (χ3n) is 4.57. The predicted molar refractivity (Wildman–Crippen MR) is 111 cm³/mol. The number of carbonyl (C=O) groups is 1. The fourth-order valence-electron chi connectivity index (χ4n) is 3.15. The minimum absolute atomic E-state index is 0.0664. The number of ether oxygens (including phenoxy) is 1. The van der Waals surface area contributed by atoms with E-state index in [4.69, 9.17) is 4.74 Å². The summed E-state index contributed by atoms with van der Waals surface area (Å²) >= 11 is 0. The second-order valence-electron chi connectivity index (χ2n) is 6.92. The average molecular weight is 410 g/mol. The molecule has 1 fully saturated rings. The van der Waals surface area contributed by atoms with Crippen molar-refractivity contribution in [2.75, 3.05) is 44.6 Å². The molecule has 7 nitrogen and oxygen atoms in total. The number of rotatable bonds is 10. The molecular formula is C20H31N3O4S. The van der Waals surface area contributed by atoms with Crippen LogP contribution in [0.3, 0.4) is 0 Å². The van der Waals surface area contributed by atoms with Crippen molar-refractivity contribution >= 4 is 21.6 Å². The van der Waals surface area contributed by atoms with Crippen molar-refractivity contribution in [1.82, 2.24) is 9.21 Å². The Morgan fingerprint density at radius 3 is 2.54 bits per heavy atom. The summed E-state index contributed by atoms with van der Waals surface area (Å²) in [6.45, 7) is 12.1. The maximum Gasteiger partial charge on any atom is 0.246 e. The summed E-state index contributed by atoms with van der Waals surface area (Å²) in [6.07, 6.45) is 1.73. The highest BCUT2D eigenvalue weighted by atomic mass is 32.2. The number of sulfonamides is 1. The first-order valence-electron chi connectivity index (χ1n) is 9.72. The van der Waals surface area contributed by atoms with Crippen molar-refractivity contribution in [2.45, 2.75) is 38.5 Å². The van der Waals surface area contributed by atoms with Crippen LogP contribution in [0.2, 0.25) is 0 Å². The molecule has 1 aromatic carbocycles. The van der Waals surface area contributed by atoms with E-state index in [0.717, 1.165) is 18.4 Å². The van der Waals surface area contributed by atoms with Crippen molar-refractivity contribution in [2.24, 2.45) is 0 Å². The fraction of sp³-hybridized carbons (Fsp3) is 0.550. The van der Waals surface area contributed by atoms with E-state index in [9.17, 15) is 13.2 Å². The zero-order valence-electron chi connectivity index (χ0n) is 17.0. The molecule has 0 aromatic heterocycles. The lowest BCUT2D eigenvalue weighted by Crippen LogP contribution is -2.36. The largest absolute Gasteiger partial charge is 0.492 e. The molecule has 0 spiro atoms. The fourth-order valence-corrected chi connectivity index (χ4v) is 4.83. The number of hydrogen-bond acceptors (Lipinski definition) is 5. The molecule has 1 aliphatic heterocycles. The van der Waals surface area contributed by atoms with Gasteiger partial charge in [-0.2, -0.15) is 4.31 Å². The summed E-state index contributed by atoms with van der Waals surface area (Å²) in [5, 5.41) is 3.05. The molecular weight excluding hydrogens is 378 g/mol. The minimum Gasteiger partial charge on any atom is -0.492 e. The lowest BCUT2D eigenvalue weighted by molar-refractivity contribution is -0.128. The third kappa shape index (κ3) is 5.48. The molecule has 1 heterocycles. The molecule has 0 unspecified atom stereocenters. The van der Waals surface area contributed by atoms with Gasteiger partial charge in [-0.3, -0.25) is 4.79 Å². The van der Waals surface area contributed by atoms with Crippen molar-refractivity contribution in [1.29, 1.82) is 0 Å². The van der Waals surface area contributed by atoms with Crippen molar-refractivity contribution < 1.29 is 17.9 Å². The lowest BCUT2D eigenvalue weighted by Gasteiger charge is -2.22. The Balaban J connectivity index is 2.20. The van der Waals surface area contributed by atoms with Crippen LogP contribution in [0.5, 0.6) is 5.75 Å². The number of amides is 1. The smallest absolute Gasteiger partial charge is 0.246 e. The molecule has 1 aromatic rings. The minimum atomic E-state index is -3.63. The lowest BCUT2D eigenvalue weighted by atomic mass is 10.3. The van der Waals surface area contributed by atoms with E-state index in [0.29, 0.717) is 44.2 Å². The molecule has 0 radical (unpaired) electrons. The highest BCUT2D eigenvalue weighted by molar-refractivity contribution is 7.89. The average Bonchev–Trinajstić information content (AvgIpc) is 3.20. The van der Waals surface area contributed by atoms with E-state index in [-0.39, 0.29) is 17.3 Å². The van der Waals surface area contributed by atoms with Crippen molar-refractivity contribution in [3.05, 3.63) is 30.4 Å². The normalized spacial score (nSPS) is 14.7. The molecule has 1 amide bonds. The van der Waals surface area contributed by atoms with Crippen LogP contribution in [0.1, 0.15) is 33.6 Å². The van der Waals surface area contributed by atoms with Crippen molar-refractivity contribution in [3.8, 4) is 5.75 Å². The molecule has 156 valence electrons. The van der Waals surface area contributed by atoms with E-state index in [2.05, 4.69) is 11.9 Å². The van der Waals surface area contributed by atoms with E-state index in [1.54, 1.807) is 23.1 Å². The van der Waals surface area contributed by atoms with Crippen LogP contribution in [0, 0.1) is 0 Å². The van der Waals surface area contributed by atoms with Crippen LogP contribution in [-0.2, 0) is 14.8 Å². The summed E-state index contributed by atoms with van der Waals surface area (Å²) in [5.41, 5.74) is 1.48. The van der Waals surface area contributed by atoms with Crippen LogP contribution in [-0.4, -0.2) is 62.9 Å². The highest BCUT2D eigenvalue weighted by Gasteiger charge is 2.30. The standard InChI is InChI=1S/C20H31N3O4S/c1-5-22(15-16(3)4)20(24)14-21-17-9-10-18(27-6-2)19(13-17)28(25,26)23-11-7-8-12-23/h9-10,13,21H,3,5-8,11-12,14-15H2,1-2,4H3. The summed E-state index contributed by atoms with van der Waals surface area (Å²) in [5.74, 6) is 0.270. The first-order chi connectivity index (χ1) is 13.3. The molecule has 0 atom stereocenters. The van der Waals surface area contributed by atoms with Gasteiger partial charge in [-0.15, -0.1) is 0 Å². The number of anilines is 1. The van der Waals surface area contributed by atoms with Gasteiger partial charge in [0.15, 0.2) is 0 Å². The number of likely N-dealkylation sites (N-methyl/N-ethyl adjacent to an activating group) is 1. The first-order valence-corrected chi connectivity index (χ1v) is 11.2. The van der Waals surface area contributed by atoms with E-state index >= 15 is 0 Å². The van der Waals surface area contributed by atoms with Gasteiger partial charge in [0, 0.05) is 31.9 Å². The monoisotopic (exact) mass is 409 g/mol. The molecule has 1 saturated heterocycles. The van der Waals surface area contributed by atoms with Crippen LogP contribution in [0.4, 0.5) is 5.69 Å². The Labute approximate surface area is 168 Å². The Bertz CT molecular complexity index is 802. The summed E-state index contributed by atoms with van der Waals surface area (Å²) in [6, 6.07) is 4.93. The number of nitrogens with zero attached hydrogens (tertiary/aromatic N) is 2. The van der Waals surface area contributed by atoms with Gasteiger partial charge in [-0.1, -0.05) is 12.2 Å². The van der Waals surface area contributed by atoms with Gasteiger partial charge in [-0.05, 0) is 51.8 Å². The number of hydrogen-bond donors (Lipinski definition) is 1. The van der Waals surface area contributed by atoms with Crippen LogP contribution in [0.25, 0.3) is 0 Å². The molecule has 28 heavy (non-hydrogen) atoms. The maximum atomic E-state index is 13.0. The zero-order chi connectivity index (χ0) is 20.7. The Morgan fingerprint density at radius 2 is 1.96 bits per heavy atom. The highest BCUT2D eigenvalue weighted by Crippen LogP contribution is 2.31. The number of benzene rings is 1. The van der Waals surface area contributed by atoms with E-state index in [1.165, 1.54) is 4.31 Å². The molecule has 0 saturated carbocycles. The van der Waals surface area contributed by atoms with Gasteiger partial charge in [-0.25, -0.2) is 8.42 Å². The zero-order valence-corrected chi connectivity index (χ0v) is 17.8. The van der Waals surface area contributed by atoms with Crippen LogP contribution >= 0.6 is 0 Å². The molecule has 8 heteroatoms. The molecule has 0 bridgehead atoms. The van der Waals surface area contributed by atoms with Crippen LogP contribution < -0.4 is 10.1 Å². The second-order valence-corrected chi connectivity index (χ2v) is 8.83. The first kappa shape index (κ1) is 22.2. The maximum absolute atomic E-state index is 13.0. The van der Waals surface area contributed by atoms with Gasteiger partial charge >= 0.3 is 0 Å². The Hall–Kier alpha value is -2.06. The van der Waals surface area contributed by atoms with Gasteiger partial charge < -0.3 is 15.0 Å². The second kappa shape index (κ2) is 9.93.